The first kappa shape index (κ1) is 16.2. The molecule has 1 heterocycles. The summed E-state index contributed by atoms with van der Waals surface area (Å²) in [5.74, 6) is -0.731. The Hall–Kier alpha value is -3.27. The minimum atomic E-state index is -0.645. The van der Waals surface area contributed by atoms with Crippen LogP contribution in [0.4, 0.5) is 4.39 Å². The topological polar surface area (TPSA) is 39.1 Å². The number of allylic oxidation sites excluding steroid dienone is 4. The Labute approximate surface area is 150 Å². The van der Waals surface area contributed by atoms with E-state index in [1.807, 2.05) is 19.1 Å². The molecule has 0 spiro atoms. The Balaban J connectivity index is 1.99. The molecule has 3 nitrogen and oxygen atoms in total. The molecule has 128 valence electrons. The number of carbonyl (C=O) groups excluding carboxylic acids is 2. The molecule has 0 amide bonds. The number of ketones is 1. The monoisotopic (exact) mass is 345 g/mol. The van der Waals surface area contributed by atoms with Gasteiger partial charge in [-0.05, 0) is 55.5 Å². The lowest BCUT2D eigenvalue weighted by molar-refractivity contribution is -0.110. The van der Waals surface area contributed by atoms with Gasteiger partial charge in [0.25, 0.3) is 5.91 Å². The van der Waals surface area contributed by atoms with Crippen molar-refractivity contribution in [1.82, 2.24) is 4.57 Å². The first-order valence-electron chi connectivity index (χ1n) is 8.32. The van der Waals surface area contributed by atoms with Crippen LogP contribution < -0.4 is 0 Å². The number of aromatic nitrogens is 1. The van der Waals surface area contributed by atoms with Crippen LogP contribution >= 0.6 is 0 Å². The van der Waals surface area contributed by atoms with Gasteiger partial charge >= 0.3 is 0 Å². The van der Waals surface area contributed by atoms with Crippen LogP contribution in [0.15, 0.2) is 78.9 Å². The zero-order valence-corrected chi connectivity index (χ0v) is 14.1. The SMILES string of the molecule is CC1(c2cc3ccc(F)cc3n2C(=O)c2ccccc2)C=CC(=O)C=C1. The highest BCUT2D eigenvalue weighted by Gasteiger charge is 2.30. The molecule has 3 aromatic rings. The average Bonchev–Trinajstić information content (AvgIpc) is 3.04. The molecule has 26 heavy (non-hydrogen) atoms. The molecule has 0 aliphatic heterocycles. The van der Waals surface area contributed by atoms with E-state index in [0.717, 1.165) is 5.39 Å². The second-order valence-corrected chi connectivity index (χ2v) is 6.59. The van der Waals surface area contributed by atoms with Gasteiger partial charge in [-0.1, -0.05) is 30.4 Å². The zero-order chi connectivity index (χ0) is 18.3. The summed E-state index contributed by atoms with van der Waals surface area (Å²) in [6.45, 7) is 1.92. The van der Waals surface area contributed by atoms with Gasteiger partial charge in [-0.2, -0.15) is 0 Å². The molecule has 0 radical (unpaired) electrons. The fraction of sp³-hybridized carbons (Fsp3) is 0.0909. The standard InChI is InChI=1S/C22H16FNO2/c1-22(11-9-18(25)10-12-22)20-13-16-7-8-17(23)14-19(16)24(20)21(26)15-5-3-2-4-6-15/h2-14H,1H3. The minimum absolute atomic E-state index is 0.0921. The lowest BCUT2D eigenvalue weighted by atomic mass is 9.82. The number of hydrogen-bond donors (Lipinski definition) is 0. The van der Waals surface area contributed by atoms with Crippen LogP contribution in [-0.2, 0) is 10.2 Å². The molecular formula is C22H16FNO2. The molecule has 1 aromatic heterocycles. The number of rotatable bonds is 2. The molecule has 1 aliphatic rings. The van der Waals surface area contributed by atoms with Gasteiger partial charge in [-0.15, -0.1) is 0 Å². The van der Waals surface area contributed by atoms with Crippen molar-refractivity contribution in [2.45, 2.75) is 12.3 Å². The van der Waals surface area contributed by atoms with Crippen molar-refractivity contribution in [2.24, 2.45) is 0 Å². The van der Waals surface area contributed by atoms with E-state index in [2.05, 4.69) is 0 Å². The van der Waals surface area contributed by atoms with Crippen LogP contribution in [-0.4, -0.2) is 16.3 Å². The maximum absolute atomic E-state index is 13.9. The van der Waals surface area contributed by atoms with Crippen molar-refractivity contribution in [2.75, 3.05) is 0 Å². The molecule has 2 aromatic carbocycles. The molecule has 0 N–H and O–H groups in total. The molecule has 1 aliphatic carbocycles. The molecule has 4 rings (SSSR count). The largest absolute Gasteiger partial charge is 0.290 e. The summed E-state index contributed by atoms with van der Waals surface area (Å²) in [6.07, 6.45) is 6.54. The quantitative estimate of drug-likeness (QED) is 0.690. The Bertz CT molecular complexity index is 1070. The Morgan fingerprint density at radius 1 is 1.00 bits per heavy atom. The third-order valence-electron chi connectivity index (χ3n) is 4.73. The van der Waals surface area contributed by atoms with Gasteiger partial charge in [0.2, 0.25) is 0 Å². The van der Waals surface area contributed by atoms with Gasteiger partial charge in [-0.3, -0.25) is 14.2 Å². The van der Waals surface area contributed by atoms with Gasteiger partial charge in [0, 0.05) is 22.1 Å². The second kappa shape index (κ2) is 5.92. The first-order chi connectivity index (χ1) is 12.5. The maximum atomic E-state index is 13.9. The smallest absolute Gasteiger partial charge is 0.262 e. The summed E-state index contributed by atoms with van der Waals surface area (Å²) >= 11 is 0. The molecule has 0 bridgehead atoms. The van der Waals surface area contributed by atoms with Gasteiger partial charge in [0.05, 0.1) is 5.52 Å². The van der Waals surface area contributed by atoms with E-state index in [-0.39, 0.29) is 11.7 Å². The third kappa shape index (κ3) is 2.60. The van der Waals surface area contributed by atoms with Crippen molar-refractivity contribution in [3.63, 3.8) is 0 Å². The van der Waals surface area contributed by atoms with Crippen LogP contribution in [0.2, 0.25) is 0 Å². The highest BCUT2D eigenvalue weighted by Crippen LogP contribution is 2.35. The summed E-state index contributed by atoms with van der Waals surface area (Å²) in [7, 11) is 0. The first-order valence-corrected chi connectivity index (χ1v) is 8.32. The molecule has 0 fully saturated rings. The molecular weight excluding hydrogens is 329 g/mol. The van der Waals surface area contributed by atoms with E-state index in [4.69, 9.17) is 0 Å². The van der Waals surface area contributed by atoms with Crippen LogP contribution in [0.3, 0.4) is 0 Å². The van der Waals surface area contributed by atoms with Gasteiger partial charge in [-0.25, -0.2) is 4.39 Å². The van der Waals surface area contributed by atoms with E-state index in [1.54, 1.807) is 42.5 Å². The summed E-state index contributed by atoms with van der Waals surface area (Å²) in [4.78, 5) is 24.8. The lowest BCUT2D eigenvalue weighted by Crippen LogP contribution is -2.26. The highest BCUT2D eigenvalue weighted by atomic mass is 19.1. The predicted molar refractivity (Wildman–Crippen MR) is 98.7 cm³/mol. The third-order valence-corrected chi connectivity index (χ3v) is 4.73. The second-order valence-electron chi connectivity index (χ2n) is 6.59. The fourth-order valence-electron chi connectivity index (χ4n) is 3.29. The number of benzene rings is 2. The minimum Gasteiger partial charge on any atom is -0.290 e. The summed E-state index contributed by atoms with van der Waals surface area (Å²) in [5.41, 5.74) is 1.06. The number of fused-ring (bicyclic) bond motifs is 1. The Kier molecular flexibility index (Phi) is 3.69. The maximum Gasteiger partial charge on any atom is 0.262 e. The molecule has 0 unspecified atom stereocenters. The van der Waals surface area contributed by atoms with Gasteiger partial charge in [0.15, 0.2) is 5.78 Å². The van der Waals surface area contributed by atoms with Crippen molar-refractivity contribution in [3.05, 3.63) is 96.0 Å². The van der Waals surface area contributed by atoms with E-state index < -0.39 is 11.2 Å². The van der Waals surface area contributed by atoms with Crippen LogP contribution in [0.25, 0.3) is 10.9 Å². The highest BCUT2D eigenvalue weighted by molar-refractivity contribution is 6.04. The van der Waals surface area contributed by atoms with Gasteiger partial charge in [0.1, 0.15) is 5.82 Å². The predicted octanol–water partition coefficient (Wildman–Crippen LogP) is 4.42. The van der Waals surface area contributed by atoms with E-state index in [1.165, 1.54) is 28.9 Å². The molecule has 0 atom stereocenters. The van der Waals surface area contributed by atoms with E-state index in [9.17, 15) is 14.0 Å². The van der Waals surface area contributed by atoms with Crippen LogP contribution in [0.5, 0.6) is 0 Å². The van der Waals surface area contributed by atoms with Crippen molar-refractivity contribution in [1.29, 1.82) is 0 Å². The number of halogens is 1. The zero-order valence-electron chi connectivity index (χ0n) is 14.1. The van der Waals surface area contributed by atoms with E-state index >= 15 is 0 Å². The van der Waals surface area contributed by atoms with Crippen molar-refractivity contribution in [3.8, 4) is 0 Å². The Morgan fingerprint density at radius 3 is 2.38 bits per heavy atom. The molecule has 4 heteroatoms. The van der Waals surface area contributed by atoms with Crippen molar-refractivity contribution >= 4 is 22.6 Å². The number of carbonyl (C=O) groups is 2. The van der Waals surface area contributed by atoms with E-state index in [0.29, 0.717) is 16.8 Å². The summed E-state index contributed by atoms with van der Waals surface area (Å²) in [5, 5.41) is 0.769. The van der Waals surface area contributed by atoms with Gasteiger partial charge < -0.3 is 0 Å². The number of nitrogens with zero attached hydrogens (tertiary/aromatic N) is 1. The van der Waals surface area contributed by atoms with Crippen molar-refractivity contribution < 1.29 is 14.0 Å². The normalized spacial score (nSPS) is 15.5. The average molecular weight is 345 g/mol. The summed E-state index contributed by atoms with van der Waals surface area (Å²) < 4.78 is 15.4. The van der Waals surface area contributed by atoms with Crippen LogP contribution in [0.1, 0.15) is 23.0 Å². The Morgan fingerprint density at radius 2 is 1.69 bits per heavy atom. The summed E-state index contributed by atoms with van der Waals surface area (Å²) in [6, 6.07) is 15.2. The lowest BCUT2D eigenvalue weighted by Gasteiger charge is -2.25. The number of hydrogen-bond acceptors (Lipinski definition) is 2. The molecule has 0 saturated carbocycles. The van der Waals surface area contributed by atoms with Crippen LogP contribution in [0, 0.1) is 5.82 Å². The molecule has 0 saturated heterocycles. The fourth-order valence-corrected chi connectivity index (χ4v) is 3.29.